The highest BCUT2D eigenvalue weighted by Crippen LogP contribution is 2.28. The first-order chi connectivity index (χ1) is 9.61. The number of nitrogens with two attached hydrogens (primary N) is 1. The van der Waals surface area contributed by atoms with Crippen molar-refractivity contribution in [2.45, 2.75) is 18.6 Å². The molecular formula is C16H19BrClNO2. The third-order valence-corrected chi connectivity index (χ3v) is 3.88. The van der Waals surface area contributed by atoms with E-state index in [2.05, 4.69) is 15.9 Å². The van der Waals surface area contributed by atoms with E-state index in [4.69, 9.17) is 10.5 Å². The average molecular weight is 373 g/mol. The second kappa shape index (κ2) is 8.39. The van der Waals surface area contributed by atoms with Crippen LogP contribution in [0.1, 0.15) is 17.2 Å². The molecule has 0 aliphatic carbocycles. The van der Waals surface area contributed by atoms with Crippen LogP contribution in [0.4, 0.5) is 0 Å². The highest BCUT2D eigenvalue weighted by atomic mass is 79.9. The van der Waals surface area contributed by atoms with Gasteiger partial charge in [-0.1, -0.05) is 36.4 Å². The van der Waals surface area contributed by atoms with Gasteiger partial charge in [-0.2, -0.15) is 0 Å². The molecule has 0 bridgehead atoms. The van der Waals surface area contributed by atoms with Crippen molar-refractivity contribution in [2.75, 3.05) is 7.11 Å². The van der Waals surface area contributed by atoms with Crippen molar-refractivity contribution in [3.63, 3.8) is 0 Å². The maximum atomic E-state index is 10.3. The summed E-state index contributed by atoms with van der Waals surface area (Å²) in [6.07, 6.45) is -0.0937. The van der Waals surface area contributed by atoms with Crippen LogP contribution in [0.25, 0.3) is 0 Å². The summed E-state index contributed by atoms with van der Waals surface area (Å²) in [7, 11) is 1.62. The number of halogens is 2. The van der Waals surface area contributed by atoms with Gasteiger partial charge >= 0.3 is 0 Å². The molecule has 0 amide bonds. The molecule has 0 heterocycles. The van der Waals surface area contributed by atoms with Gasteiger partial charge in [0.05, 0.1) is 23.7 Å². The summed E-state index contributed by atoms with van der Waals surface area (Å²) in [6, 6.07) is 15.0. The molecule has 3 nitrogen and oxygen atoms in total. The minimum absolute atomic E-state index is 0. The second-order valence-corrected chi connectivity index (χ2v) is 5.53. The molecule has 0 spiro atoms. The second-order valence-electron chi connectivity index (χ2n) is 4.68. The van der Waals surface area contributed by atoms with Gasteiger partial charge in [-0.25, -0.2) is 0 Å². The van der Waals surface area contributed by atoms with Crippen molar-refractivity contribution in [3.05, 3.63) is 64.1 Å². The predicted octanol–water partition coefficient (Wildman–Crippen LogP) is 3.48. The summed E-state index contributed by atoms with van der Waals surface area (Å²) in [5, 5.41) is 10.3. The molecule has 0 radical (unpaired) electrons. The summed E-state index contributed by atoms with van der Waals surface area (Å²) in [6.45, 7) is 0. The van der Waals surface area contributed by atoms with Crippen molar-refractivity contribution in [1.82, 2.24) is 0 Å². The van der Waals surface area contributed by atoms with E-state index in [9.17, 15) is 5.11 Å². The van der Waals surface area contributed by atoms with Gasteiger partial charge in [-0.15, -0.1) is 12.4 Å². The molecule has 5 heteroatoms. The highest BCUT2D eigenvalue weighted by molar-refractivity contribution is 9.10. The van der Waals surface area contributed by atoms with E-state index in [1.165, 1.54) is 0 Å². The van der Waals surface area contributed by atoms with Crippen LogP contribution in [0.15, 0.2) is 53.0 Å². The molecule has 114 valence electrons. The van der Waals surface area contributed by atoms with Gasteiger partial charge in [-0.3, -0.25) is 0 Å². The largest absolute Gasteiger partial charge is 0.496 e. The Bertz CT molecular complexity index is 565. The minimum Gasteiger partial charge on any atom is -0.496 e. The summed E-state index contributed by atoms with van der Waals surface area (Å²) < 4.78 is 6.02. The zero-order valence-corrected chi connectivity index (χ0v) is 14.1. The number of rotatable bonds is 5. The number of ether oxygens (including phenoxy) is 1. The lowest BCUT2D eigenvalue weighted by Gasteiger charge is -2.20. The molecule has 0 saturated carbocycles. The molecular weight excluding hydrogens is 354 g/mol. The van der Waals surface area contributed by atoms with E-state index in [0.717, 1.165) is 21.3 Å². The smallest absolute Gasteiger partial charge is 0.133 e. The molecule has 0 saturated heterocycles. The lowest BCUT2D eigenvalue weighted by molar-refractivity contribution is 0.145. The quantitative estimate of drug-likeness (QED) is 0.845. The van der Waals surface area contributed by atoms with Crippen molar-refractivity contribution in [2.24, 2.45) is 5.73 Å². The molecule has 3 N–H and O–H groups in total. The third kappa shape index (κ3) is 4.71. The summed E-state index contributed by atoms with van der Waals surface area (Å²) in [5.74, 6) is 0.749. The molecule has 0 aliphatic heterocycles. The Morgan fingerprint density at radius 3 is 2.43 bits per heavy atom. The topological polar surface area (TPSA) is 55.5 Å². The predicted molar refractivity (Wildman–Crippen MR) is 91.0 cm³/mol. The van der Waals surface area contributed by atoms with Gasteiger partial charge in [0, 0.05) is 6.42 Å². The number of methoxy groups -OCH3 is 1. The molecule has 2 atom stereocenters. The highest BCUT2D eigenvalue weighted by Gasteiger charge is 2.18. The Labute approximate surface area is 139 Å². The minimum atomic E-state index is -0.627. The summed E-state index contributed by atoms with van der Waals surface area (Å²) in [4.78, 5) is 0. The number of aliphatic hydroxyl groups excluding tert-OH is 1. The van der Waals surface area contributed by atoms with Crippen LogP contribution < -0.4 is 10.5 Å². The lowest BCUT2D eigenvalue weighted by Crippen LogP contribution is -2.28. The fourth-order valence-corrected chi connectivity index (χ4v) is 2.65. The molecule has 0 fully saturated rings. The Balaban J connectivity index is 0.00000220. The van der Waals surface area contributed by atoms with Crippen LogP contribution in [0.2, 0.25) is 0 Å². The van der Waals surface area contributed by atoms with E-state index in [0.29, 0.717) is 6.42 Å². The zero-order chi connectivity index (χ0) is 14.5. The number of aliphatic hydroxyl groups is 1. The van der Waals surface area contributed by atoms with Crippen LogP contribution in [-0.2, 0) is 6.42 Å². The van der Waals surface area contributed by atoms with Crippen LogP contribution in [0, 0.1) is 0 Å². The molecule has 2 rings (SSSR count). The van der Waals surface area contributed by atoms with Crippen LogP contribution in [0.5, 0.6) is 5.75 Å². The van der Waals surface area contributed by atoms with Gasteiger partial charge < -0.3 is 15.6 Å². The molecule has 21 heavy (non-hydrogen) atoms. The van der Waals surface area contributed by atoms with Crippen molar-refractivity contribution >= 4 is 28.3 Å². The van der Waals surface area contributed by atoms with Crippen LogP contribution in [0.3, 0.4) is 0 Å². The molecule has 2 aromatic rings. The van der Waals surface area contributed by atoms with Crippen molar-refractivity contribution < 1.29 is 9.84 Å². The lowest BCUT2D eigenvalue weighted by atomic mass is 9.97. The van der Waals surface area contributed by atoms with E-state index in [1.54, 1.807) is 7.11 Å². The fourth-order valence-electron chi connectivity index (χ4n) is 2.09. The average Bonchev–Trinajstić information content (AvgIpc) is 2.47. The van der Waals surface area contributed by atoms with E-state index in [-0.39, 0.29) is 12.4 Å². The Morgan fingerprint density at radius 2 is 1.86 bits per heavy atom. The van der Waals surface area contributed by atoms with Crippen molar-refractivity contribution in [3.8, 4) is 5.75 Å². The van der Waals surface area contributed by atoms with Gasteiger partial charge in [0.2, 0.25) is 0 Å². The van der Waals surface area contributed by atoms with Crippen LogP contribution >= 0.6 is 28.3 Å². The molecule has 2 aromatic carbocycles. The van der Waals surface area contributed by atoms with E-state index >= 15 is 0 Å². The first-order valence-electron chi connectivity index (χ1n) is 6.43. The SMILES string of the molecule is COc1ccc([C@@H](N)[C@@H](O)Cc2ccccc2)cc1Br.Cl. The Morgan fingerprint density at radius 1 is 1.19 bits per heavy atom. The van der Waals surface area contributed by atoms with Gasteiger partial charge in [-0.05, 0) is 39.2 Å². The summed E-state index contributed by atoms with van der Waals surface area (Å²) >= 11 is 3.43. The number of hydrogen-bond donors (Lipinski definition) is 2. The molecule has 0 unspecified atom stereocenters. The first-order valence-corrected chi connectivity index (χ1v) is 7.22. The van der Waals surface area contributed by atoms with Gasteiger partial charge in [0.25, 0.3) is 0 Å². The monoisotopic (exact) mass is 371 g/mol. The first kappa shape index (κ1) is 18.0. The van der Waals surface area contributed by atoms with Crippen LogP contribution in [-0.4, -0.2) is 18.3 Å². The van der Waals surface area contributed by atoms with Gasteiger partial charge in [0.1, 0.15) is 5.75 Å². The Kier molecular flexibility index (Phi) is 7.18. The number of hydrogen-bond acceptors (Lipinski definition) is 3. The zero-order valence-electron chi connectivity index (χ0n) is 11.7. The van der Waals surface area contributed by atoms with E-state index < -0.39 is 12.1 Å². The molecule has 0 aliphatic rings. The standard InChI is InChI=1S/C16H18BrNO2.ClH/c1-20-15-8-7-12(10-13(15)17)16(18)14(19)9-11-5-3-2-4-6-11;/h2-8,10,14,16,19H,9,18H2,1H3;1H/t14-,16+;/m0./s1. The maximum absolute atomic E-state index is 10.3. The Hall–Kier alpha value is -1.07. The normalized spacial score (nSPS) is 13.1. The number of benzene rings is 2. The van der Waals surface area contributed by atoms with Crippen molar-refractivity contribution in [1.29, 1.82) is 0 Å². The molecule has 0 aromatic heterocycles. The summed E-state index contributed by atoms with van der Waals surface area (Å²) in [5.41, 5.74) is 8.08. The van der Waals surface area contributed by atoms with E-state index in [1.807, 2.05) is 48.5 Å². The fraction of sp³-hybridized carbons (Fsp3) is 0.250. The third-order valence-electron chi connectivity index (χ3n) is 3.26. The van der Waals surface area contributed by atoms with Gasteiger partial charge in [0.15, 0.2) is 0 Å². The maximum Gasteiger partial charge on any atom is 0.133 e.